The van der Waals surface area contributed by atoms with Gasteiger partial charge in [0.1, 0.15) is 5.82 Å². The molecule has 1 aromatic heterocycles. The Kier molecular flexibility index (Phi) is 3.51. The number of hydrogen-bond donors (Lipinski definition) is 1. The number of aromatic nitrogens is 1. The minimum absolute atomic E-state index is 0.286. The lowest BCUT2D eigenvalue weighted by Crippen LogP contribution is -2.39. The fourth-order valence-corrected chi connectivity index (χ4v) is 3.80. The third kappa shape index (κ3) is 2.46. The number of rotatable bonds is 2. The van der Waals surface area contributed by atoms with Crippen LogP contribution >= 0.6 is 11.6 Å². The van der Waals surface area contributed by atoms with Crippen LogP contribution in [0.4, 0.5) is 10.1 Å². The maximum atomic E-state index is 13.5. The fourth-order valence-electron chi connectivity index (χ4n) is 3.58. The Morgan fingerprint density at radius 1 is 1.23 bits per heavy atom. The third-order valence-corrected chi connectivity index (χ3v) is 4.94. The molecule has 2 aliphatic rings. The molecule has 22 heavy (non-hydrogen) atoms. The molecule has 2 atom stereocenters. The van der Waals surface area contributed by atoms with E-state index in [2.05, 4.69) is 21.3 Å². The molecule has 1 aromatic carbocycles. The number of fused-ring (bicyclic) bond motifs is 2. The van der Waals surface area contributed by atoms with Crippen molar-refractivity contribution in [2.24, 2.45) is 5.92 Å². The summed E-state index contributed by atoms with van der Waals surface area (Å²) in [5.41, 5.74) is 2.64. The molecule has 0 amide bonds. The molecule has 2 saturated heterocycles. The first-order valence-electron chi connectivity index (χ1n) is 7.58. The van der Waals surface area contributed by atoms with E-state index in [1.807, 2.05) is 6.20 Å². The van der Waals surface area contributed by atoms with E-state index in [0.29, 0.717) is 22.5 Å². The van der Waals surface area contributed by atoms with Gasteiger partial charge in [0.05, 0.1) is 11.9 Å². The van der Waals surface area contributed by atoms with Crippen LogP contribution in [-0.4, -0.2) is 30.7 Å². The Morgan fingerprint density at radius 3 is 3.00 bits per heavy atom. The van der Waals surface area contributed by atoms with Gasteiger partial charge >= 0.3 is 0 Å². The first kappa shape index (κ1) is 14.0. The summed E-state index contributed by atoms with van der Waals surface area (Å²) in [4.78, 5) is 6.76. The minimum Gasteiger partial charge on any atom is -0.366 e. The Morgan fingerprint density at radius 2 is 2.14 bits per heavy atom. The lowest BCUT2D eigenvalue weighted by Gasteiger charge is -2.26. The van der Waals surface area contributed by atoms with Crippen molar-refractivity contribution in [1.82, 2.24) is 10.3 Å². The van der Waals surface area contributed by atoms with Gasteiger partial charge in [0, 0.05) is 41.5 Å². The molecular formula is C17H17ClFN3. The van der Waals surface area contributed by atoms with Crippen LogP contribution in [0.15, 0.2) is 36.7 Å². The summed E-state index contributed by atoms with van der Waals surface area (Å²) < 4.78 is 13.5. The summed E-state index contributed by atoms with van der Waals surface area (Å²) in [7, 11) is 0. The second kappa shape index (κ2) is 5.52. The van der Waals surface area contributed by atoms with Crippen molar-refractivity contribution >= 4 is 17.3 Å². The molecule has 2 unspecified atom stereocenters. The summed E-state index contributed by atoms with van der Waals surface area (Å²) in [6, 6.07) is 7.02. The zero-order valence-corrected chi connectivity index (χ0v) is 12.9. The molecule has 4 rings (SSSR count). The van der Waals surface area contributed by atoms with Crippen LogP contribution in [0.3, 0.4) is 0 Å². The van der Waals surface area contributed by atoms with Crippen molar-refractivity contribution in [2.75, 3.05) is 24.5 Å². The predicted molar refractivity (Wildman–Crippen MR) is 86.8 cm³/mol. The Balaban J connectivity index is 1.70. The maximum absolute atomic E-state index is 13.5. The SMILES string of the molecule is Fc1ccc(Cl)c(-c2cncc(N3CC4CNCC3C4)c2)c1. The van der Waals surface area contributed by atoms with Crippen molar-refractivity contribution in [3.8, 4) is 11.1 Å². The molecule has 2 aliphatic heterocycles. The van der Waals surface area contributed by atoms with Crippen LogP contribution < -0.4 is 10.2 Å². The van der Waals surface area contributed by atoms with Gasteiger partial charge in [-0.15, -0.1) is 0 Å². The molecule has 114 valence electrons. The zero-order valence-electron chi connectivity index (χ0n) is 12.1. The molecule has 0 spiro atoms. The van der Waals surface area contributed by atoms with Gasteiger partial charge in [-0.2, -0.15) is 0 Å². The van der Waals surface area contributed by atoms with E-state index >= 15 is 0 Å². The van der Waals surface area contributed by atoms with E-state index in [0.717, 1.165) is 30.9 Å². The standard InChI is InChI=1S/C17H17ClFN3/c18-17-2-1-13(19)5-16(17)12-4-15(9-21-7-12)22-10-11-3-14(22)8-20-6-11/h1-2,4-5,7,9,11,14,20H,3,6,8,10H2. The lowest BCUT2D eigenvalue weighted by molar-refractivity contribution is 0.434. The molecule has 2 aromatic rings. The van der Waals surface area contributed by atoms with Crippen molar-refractivity contribution in [3.63, 3.8) is 0 Å². The number of piperidine rings is 1. The van der Waals surface area contributed by atoms with Gasteiger partial charge in [-0.05, 0) is 43.1 Å². The molecule has 2 fully saturated rings. The average Bonchev–Trinajstić information content (AvgIpc) is 2.84. The number of halogens is 2. The first-order chi connectivity index (χ1) is 10.7. The van der Waals surface area contributed by atoms with E-state index in [1.54, 1.807) is 12.3 Å². The normalized spacial score (nSPS) is 23.8. The quantitative estimate of drug-likeness (QED) is 0.921. The van der Waals surface area contributed by atoms with Gasteiger partial charge in [0.2, 0.25) is 0 Å². The van der Waals surface area contributed by atoms with Gasteiger partial charge < -0.3 is 10.2 Å². The predicted octanol–water partition coefficient (Wildman–Crippen LogP) is 3.34. The lowest BCUT2D eigenvalue weighted by atomic mass is 10.0. The smallest absolute Gasteiger partial charge is 0.123 e. The molecule has 3 nitrogen and oxygen atoms in total. The molecule has 5 heteroatoms. The third-order valence-electron chi connectivity index (χ3n) is 4.61. The highest BCUT2D eigenvalue weighted by atomic mass is 35.5. The highest BCUT2D eigenvalue weighted by Crippen LogP contribution is 2.34. The molecule has 0 radical (unpaired) electrons. The Bertz CT molecular complexity index is 706. The number of pyridine rings is 1. The van der Waals surface area contributed by atoms with E-state index in [9.17, 15) is 4.39 Å². The van der Waals surface area contributed by atoms with Crippen molar-refractivity contribution < 1.29 is 4.39 Å². The maximum Gasteiger partial charge on any atom is 0.123 e. The van der Waals surface area contributed by atoms with Crippen LogP contribution in [-0.2, 0) is 0 Å². The minimum atomic E-state index is -0.286. The molecule has 0 aliphatic carbocycles. The second-order valence-corrected chi connectivity index (χ2v) is 6.53. The van der Waals surface area contributed by atoms with Crippen molar-refractivity contribution in [2.45, 2.75) is 12.5 Å². The summed E-state index contributed by atoms with van der Waals surface area (Å²) in [6.45, 7) is 3.16. The Hall–Kier alpha value is -1.65. The van der Waals surface area contributed by atoms with E-state index in [-0.39, 0.29) is 5.82 Å². The summed E-state index contributed by atoms with van der Waals surface area (Å²) in [5.74, 6) is 0.422. The number of nitrogens with zero attached hydrogens (tertiary/aromatic N) is 2. The summed E-state index contributed by atoms with van der Waals surface area (Å²) in [5, 5.41) is 4.02. The highest BCUT2D eigenvalue weighted by molar-refractivity contribution is 6.33. The van der Waals surface area contributed by atoms with Crippen LogP contribution in [0.2, 0.25) is 5.02 Å². The van der Waals surface area contributed by atoms with Crippen LogP contribution in [0, 0.1) is 11.7 Å². The molecular weight excluding hydrogens is 301 g/mol. The number of hydrogen-bond acceptors (Lipinski definition) is 3. The van der Waals surface area contributed by atoms with Crippen molar-refractivity contribution in [1.29, 1.82) is 0 Å². The molecule has 3 heterocycles. The van der Waals surface area contributed by atoms with Gasteiger partial charge in [-0.25, -0.2) is 4.39 Å². The van der Waals surface area contributed by atoms with Crippen LogP contribution in [0.25, 0.3) is 11.1 Å². The Labute approximate surface area is 134 Å². The number of nitrogens with one attached hydrogen (secondary N) is 1. The van der Waals surface area contributed by atoms with Gasteiger partial charge in [0.25, 0.3) is 0 Å². The first-order valence-corrected chi connectivity index (χ1v) is 7.96. The number of anilines is 1. The topological polar surface area (TPSA) is 28.2 Å². The number of benzene rings is 1. The van der Waals surface area contributed by atoms with Crippen molar-refractivity contribution in [3.05, 3.63) is 47.5 Å². The summed E-state index contributed by atoms with van der Waals surface area (Å²) in [6.07, 6.45) is 4.86. The van der Waals surface area contributed by atoms with Crippen LogP contribution in [0.5, 0.6) is 0 Å². The van der Waals surface area contributed by atoms with Gasteiger partial charge in [0.15, 0.2) is 0 Å². The van der Waals surface area contributed by atoms with Crippen LogP contribution in [0.1, 0.15) is 6.42 Å². The molecule has 0 saturated carbocycles. The second-order valence-electron chi connectivity index (χ2n) is 6.12. The van der Waals surface area contributed by atoms with E-state index < -0.39 is 0 Å². The monoisotopic (exact) mass is 317 g/mol. The highest BCUT2D eigenvalue weighted by Gasteiger charge is 2.35. The largest absolute Gasteiger partial charge is 0.366 e. The van der Waals surface area contributed by atoms with E-state index in [4.69, 9.17) is 11.6 Å². The summed E-state index contributed by atoms with van der Waals surface area (Å²) >= 11 is 6.21. The fraction of sp³-hybridized carbons (Fsp3) is 0.353. The van der Waals surface area contributed by atoms with E-state index in [1.165, 1.54) is 18.6 Å². The molecule has 2 bridgehead atoms. The zero-order chi connectivity index (χ0) is 15.1. The van der Waals surface area contributed by atoms with Gasteiger partial charge in [-0.3, -0.25) is 4.98 Å². The average molecular weight is 318 g/mol. The van der Waals surface area contributed by atoms with Gasteiger partial charge in [-0.1, -0.05) is 11.6 Å². The molecule has 1 N–H and O–H groups in total.